The summed E-state index contributed by atoms with van der Waals surface area (Å²) in [6.07, 6.45) is 1.26. The van der Waals surface area contributed by atoms with Crippen LogP contribution in [0, 0.1) is 20.8 Å². The first-order valence-electron chi connectivity index (χ1n) is 14.3. The van der Waals surface area contributed by atoms with E-state index in [-0.39, 0.29) is 12.5 Å². The molecular formula is C36H34N2O4. The van der Waals surface area contributed by atoms with Crippen molar-refractivity contribution < 1.29 is 19.4 Å². The molecule has 6 nitrogen and oxygen atoms in total. The molecule has 0 aliphatic heterocycles. The van der Waals surface area contributed by atoms with Crippen LogP contribution in [-0.4, -0.2) is 34.4 Å². The van der Waals surface area contributed by atoms with Crippen LogP contribution in [0.2, 0.25) is 0 Å². The van der Waals surface area contributed by atoms with Crippen LogP contribution in [0.1, 0.15) is 52.1 Å². The Morgan fingerprint density at radius 2 is 1.45 bits per heavy atom. The molecule has 0 fully saturated rings. The Kier molecular flexibility index (Phi) is 7.07. The maximum atomic E-state index is 13.1. The monoisotopic (exact) mass is 558 g/mol. The number of para-hydroxylation sites is 1. The number of hydrogen-bond donors (Lipinski definition) is 2. The lowest BCUT2D eigenvalue weighted by Crippen LogP contribution is -2.44. The van der Waals surface area contributed by atoms with Gasteiger partial charge in [0.2, 0.25) is 0 Å². The number of hydrogen-bond acceptors (Lipinski definition) is 3. The molecule has 42 heavy (non-hydrogen) atoms. The minimum Gasteiger partial charge on any atom is -0.480 e. The summed E-state index contributed by atoms with van der Waals surface area (Å²) in [5.74, 6) is -1.75. The van der Waals surface area contributed by atoms with Crippen molar-refractivity contribution in [2.75, 3.05) is 6.61 Å². The van der Waals surface area contributed by atoms with Crippen LogP contribution in [0.15, 0.2) is 91.1 Å². The molecule has 6 rings (SSSR count). The molecular weight excluding hydrogens is 524 g/mol. The van der Waals surface area contributed by atoms with E-state index in [0.717, 1.165) is 55.5 Å². The number of benzene rings is 4. The minimum absolute atomic E-state index is 0.109. The number of aryl methyl sites for hydroxylation is 3. The Morgan fingerprint density at radius 1 is 0.881 bits per heavy atom. The fraction of sp³-hybridized carbons (Fsp3) is 0.222. The normalized spacial score (nSPS) is 13.8. The van der Waals surface area contributed by atoms with Gasteiger partial charge in [-0.05, 0) is 65.8 Å². The zero-order valence-electron chi connectivity index (χ0n) is 24.2. The fourth-order valence-corrected chi connectivity index (χ4v) is 6.65. The number of amides is 1. The van der Waals surface area contributed by atoms with E-state index < -0.39 is 24.0 Å². The molecule has 0 saturated carbocycles. The summed E-state index contributed by atoms with van der Waals surface area (Å²) in [5.41, 5.74) is 10.8. The molecule has 2 atom stereocenters. The Hall–Kier alpha value is -4.84. The van der Waals surface area contributed by atoms with Gasteiger partial charge < -0.3 is 19.7 Å². The van der Waals surface area contributed by atoms with Gasteiger partial charge in [-0.1, -0.05) is 91.3 Å². The van der Waals surface area contributed by atoms with Gasteiger partial charge in [-0.2, -0.15) is 0 Å². The molecule has 0 spiro atoms. The molecule has 5 aromatic rings. The first-order chi connectivity index (χ1) is 20.2. The highest BCUT2D eigenvalue weighted by atomic mass is 16.5. The van der Waals surface area contributed by atoms with E-state index in [9.17, 15) is 14.7 Å². The highest BCUT2D eigenvalue weighted by molar-refractivity contribution is 5.89. The van der Waals surface area contributed by atoms with E-state index in [1.54, 1.807) is 0 Å². The van der Waals surface area contributed by atoms with Gasteiger partial charge in [0.05, 0.1) is 11.2 Å². The Labute approximate surface area is 245 Å². The molecule has 0 saturated heterocycles. The highest BCUT2D eigenvalue weighted by Crippen LogP contribution is 2.44. The van der Waals surface area contributed by atoms with Crippen molar-refractivity contribution in [3.63, 3.8) is 0 Å². The van der Waals surface area contributed by atoms with Crippen LogP contribution in [0.4, 0.5) is 4.79 Å². The molecule has 4 aromatic carbocycles. The molecule has 0 bridgehead atoms. The number of rotatable bonds is 7. The second-order valence-corrected chi connectivity index (χ2v) is 11.3. The van der Waals surface area contributed by atoms with E-state index in [1.165, 1.54) is 5.56 Å². The molecule has 2 N–H and O–H groups in total. The molecule has 1 aromatic heterocycles. The van der Waals surface area contributed by atoms with Crippen molar-refractivity contribution in [3.05, 3.63) is 125 Å². The summed E-state index contributed by atoms with van der Waals surface area (Å²) in [4.78, 5) is 25.6. The van der Waals surface area contributed by atoms with Crippen LogP contribution < -0.4 is 5.32 Å². The van der Waals surface area contributed by atoms with Gasteiger partial charge in [0.1, 0.15) is 12.6 Å². The maximum absolute atomic E-state index is 13.1. The van der Waals surface area contributed by atoms with E-state index in [2.05, 4.69) is 67.1 Å². The van der Waals surface area contributed by atoms with Crippen LogP contribution in [0.5, 0.6) is 0 Å². The Balaban J connectivity index is 1.26. The third-order valence-electron chi connectivity index (χ3n) is 8.49. The van der Waals surface area contributed by atoms with Crippen molar-refractivity contribution >= 4 is 23.0 Å². The number of carbonyl (C=O) groups excluding carboxylic acids is 1. The molecule has 0 radical (unpaired) electrons. The Morgan fingerprint density at radius 3 is 2.07 bits per heavy atom. The zero-order chi connectivity index (χ0) is 29.5. The summed E-state index contributed by atoms with van der Waals surface area (Å²) in [6, 6.07) is 27.3. The minimum atomic E-state index is -1.18. The third-order valence-corrected chi connectivity index (χ3v) is 8.49. The predicted molar refractivity (Wildman–Crippen MR) is 166 cm³/mol. The first-order valence-corrected chi connectivity index (χ1v) is 14.3. The lowest BCUT2D eigenvalue weighted by atomic mass is 9.93. The maximum Gasteiger partial charge on any atom is 0.407 e. The van der Waals surface area contributed by atoms with Crippen LogP contribution in [0.25, 0.3) is 27.7 Å². The number of aliphatic carboxylic acids is 1. The average Bonchev–Trinajstić information content (AvgIpc) is 3.50. The van der Waals surface area contributed by atoms with Gasteiger partial charge in [0, 0.05) is 23.4 Å². The van der Waals surface area contributed by atoms with Crippen molar-refractivity contribution in [2.24, 2.45) is 0 Å². The quantitative estimate of drug-likeness (QED) is 0.215. The molecule has 1 amide bonds. The predicted octanol–water partition coefficient (Wildman–Crippen LogP) is 7.65. The van der Waals surface area contributed by atoms with Gasteiger partial charge in [0.25, 0.3) is 0 Å². The van der Waals surface area contributed by atoms with Gasteiger partial charge in [-0.15, -0.1) is 0 Å². The number of fused-ring (bicyclic) bond motifs is 4. The smallest absolute Gasteiger partial charge is 0.407 e. The van der Waals surface area contributed by atoms with Crippen LogP contribution in [0.3, 0.4) is 0 Å². The first kappa shape index (κ1) is 27.3. The summed E-state index contributed by atoms with van der Waals surface area (Å²) in [5, 5.41) is 13.8. The summed E-state index contributed by atoms with van der Waals surface area (Å²) >= 11 is 0. The second-order valence-electron chi connectivity index (χ2n) is 11.3. The van der Waals surface area contributed by atoms with Crippen molar-refractivity contribution in [2.45, 2.75) is 45.6 Å². The lowest BCUT2D eigenvalue weighted by Gasteiger charge is -2.22. The topological polar surface area (TPSA) is 80.6 Å². The van der Waals surface area contributed by atoms with Crippen molar-refractivity contribution in [1.82, 2.24) is 9.88 Å². The van der Waals surface area contributed by atoms with E-state index in [0.29, 0.717) is 0 Å². The standard InChI is InChI=1S/C36H34N2O4/c1-21-17-22(2)34(23(3)18-21)38-19-30(29-15-9-10-16-32(29)38)24(4)33(35(39)40)37-36(41)42-20-31-27-13-7-5-11-25(27)26-12-6-8-14-28(26)31/h5-19,24,31,33H,20H2,1-4H3,(H,37,41)(H,39,40)/t24-,33+/m0/s1. The summed E-state index contributed by atoms with van der Waals surface area (Å²) in [7, 11) is 0. The Bertz CT molecular complexity index is 1770. The number of alkyl carbamates (subject to hydrolysis) is 1. The fourth-order valence-electron chi connectivity index (χ4n) is 6.65. The highest BCUT2D eigenvalue weighted by Gasteiger charge is 2.33. The van der Waals surface area contributed by atoms with Gasteiger partial charge in [-0.25, -0.2) is 9.59 Å². The van der Waals surface area contributed by atoms with Crippen molar-refractivity contribution in [1.29, 1.82) is 0 Å². The number of nitrogens with zero attached hydrogens (tertiary/aromatic N) is 1. The summed E-state index contributed by atoms with van der Waals surface area (Å²) < 4.78 is 7.83. The van der Waals surface area contributed by atoms with Crippen LogP contribution in [-0.2, 0) is 9.53 Å². The molecule has 6 heteroatoms. The molecule has 0 unspecified atom stereocenters. The number of carbonyl (C=O) groups is 2. The average molecular weight is 559 g/mol. The van der Waals surface area contributed by atoms with Gasteiger partial charge in [0.15, 0.2) is 0 Å². The van der Waals surface area contributed by atoms with Gasteiger partial charge >= 0.3 is 12.1 Å². The van der Waals surface area contributed by atoms with Crippen molar-refractivity contribution in [3.8, 4) is 16.8 Å². The largest absolute Gasteiger partial charge is 0.480 e. The number of aromatic nitrogens is 1. The molecule has 1 aliphatic carbocycles. The number of carboxylic acid groups (broad SMARTS) is 1. The zero-order valence-corrected chi connectivity index (χ0v) is 24.2. The number of nitrogens with one attached hydrogen (secondary N) is 1. The SMILES string of the molecule is Cc1cc(C)c(-n2cc([C@H](C)[C@@H](NC(=O)OCC3c4ccccc4-c4ccccc43)C(=O)O)c3ccccc32)c(C)c1. The van der Waals surface area contributed by atoms with Gasteiger partial charge in [-0.3, -0.25) is 0 Å². The van der Waals surface area contributed by atoms with E-state index in [1.807, 2.05) is 61.7 Å². The number of ether oxygens (including phenoxy) is 1. The number of carboxylic acids is 1. The lowest BCUT2D eigenvalue weighted by molar-refractivity contribution is -0.139. The van der Waals surface area contributed by atoms with E-state index >= 15 is 0 Å². The summed E-state index contributed by atoms with van der Waals surface area (Å²) in [6.45, 7) is 8.21. The molecule has 212 valence electrons. The molecule has 1 aliphatic rings. The van der Waals surface area contributed by atoms with Crippen LogP contribution >= 0.6 is 0 Å². The second kappa shape index (κ2) is 10.9. The molecule has 1 heterocycles. The third kappa shape index (κ3) is 4.73. The van der Waals surface area contributed by atoms with E-state index in [4.69, 9.17) is 4.74 Å².